The van der Waals surface area contributed by atoms with E-state index in [4.69, 9.17) is 10.5 Å². The Morgan fingerprint density at radius 2 is 1.78 bits per heavy atom. The lowest BCUT2D eigenvalue weighted by atomic mass is 10.3. The van der Waals surface area contributed by atoms with Crippen LogP contribution in [-0.2, 0) is 0 Å². The zero-order valence-corrected chi connectivity index (χ0v) is 10.8. The maximum absolute atomic E-state index is 5.58. The SMILES string of the molecule is CC.CNc1cc(Oc2ccc(N)cc2)cnn1. The standard InChI is InChI=1S/C11H12N4O.C2H6/c1-13-11-6-10(7-14-15-11)16-9-4-2-8(12)3-5-9;1-2/h2-7H,12H2,1H3,(H,13,15);1-2H3. The van der Waals surface area contributed by atoms with Crippen LogP contribution in [0.2, 0.25) is 0 Å². The Kier molecular flexibility index (Phi) is 5.44. The number of benzene rings is 1. The number of aromatic nitrogens is 2. The molecule has 0 saturated heterocycles. The second kappa shape index (κ2) is 7.11. The van der Waals surface area contributed by atoms with E-state index in [1.54, 1.807) is 43.6 Å². The van der Waals surface area contributed by atoms with E-state index in [0.717, 1.165) is 0 Å². The Hall–Kier alpha value is -2.30. The Morgan fingerprint density at radius 3 is 2.39 bits per heavy atom. The molecule has 0 amide bonds. The maximum Gasteiger partial charge on any atom is 0.152 e. The van der Waals surface area contributed by atoms with Gasteiger partial charge in [-0.15, -0.1) is 5.10 Å². The van der Waals surface area contributed by atoms with Crippen molar-refractivity contribution in [3.63, 3.8) is 0 Å². The van der Waals surface area contributed by atoms with Gasteiger partial charge in [-0.3, -0.25) is 0 Å². The predicted molar refractivity (Wildman–Crippen MR) is 73.9 cm³/mol. The summed E-state index contributed by atoms with van der Waals surface area (Å²) < 4.78 is 5.58. The van der Waals surface area contributed by atoms with Gasteiger partial charge in [0, 0.05) is 18.8 Å². The molecule has 0 fully saturated rings. The van der Waals surface area contributed by atoms with Crippen molar-refractivity contribution in [3.8, 4) is 11.5 Å². The van der Waals surface area contributed by atoms with Crippen molar-refractivity contribution in [2.45, 2.75) is 13.8 Å². The molecule has 0 aliphatic heterocycles. The molecule has 0 saturated carbocycles. The van der Waals surface area contributed by atoms with E-state index >= 15 is 0 Å². The molecule has 1 aromatic heterocycles. The molecule has 0 bridgehead atoms. The van der Waals surface area contributed by atoms with Gasteiger partial charge in [-0.1, -0.05) is 13.8 Å². The largest absolute Gasteiger partial charge is 0.456 e. The first kappa shape index (κ1) is 13.8. The zero-order chi connectivity index (χ0) is 13.4. The smallest absolute Gasteiger partial charge is 0.152 e. The topological polar surface area (TPSA) is 73.1 Å². The summed E-state index contributed by atoms with van der Waals surface area (Å²) in [5.74, 6) is 2.00. The summed E-state index contributed by atoms with van der Waals surface area (Å²) >= 11 is 0. The number of nitrogens with one attached hydrogen (secondary N) is 1. The van der Waals surface area contributed by atoms with E-state index in [1.165, 1.54) is 0 Å². The second-order valence-corrected chi connectivity index (χ2v) is 3.20. The summed E-state index contributed by atoms with van der Waals surface area (Å²) in [5, 5.41) is 10.5. The van der Waals surface area contributed by atoms with Crippen molar-refractivity contribution in [2.24, 2.45) is 0 Å². The number of nitrogens with zero attached hydrogens (tertiary/aromatic N) is 2. The number of hydrogen-bond donors (Lipinski definition) is 2. The molecule has 0 unspecified atom stereocenters. The van der Waals surface area contributed by atoms with Crippen molar-refractivity contribution >= 4 is 11.5 Å². The van der Waals surface area contributed by atoms with E-state index in [-0.39, 0.29) is 0 Å². The molecule has 18 heavy (non-hydrogen) atoms. The molecule has 5 nitrogen and oxygen atoms in total. The number of nitrogens with two attached hydrogens (primary N) is 1. The van der Waals surface area contributed by atoms with E-state index < -0.39 is 0 Å². The van der Waals surface area contributed by atoms with Gasteiger partial charge in [0.25, 0.3) is 0 Å². The van der Waals surface area contributed by atoms with Gasteiger partial charge in [0.15, 0.2) is 11.6 Å². The molecule has 0 aliphatic rings. The Bertz CT molecular complexity index is 471. The molecule has 2 aromatic rings. The Labute approximate surface area is 107 Å². The number of rotatable bonds is 3. The lowest BCUT2D eigenvalue weighted by molar-refractivity contribution is 0.479. The third-order valence-corrected chi connectivity index (χ3v) is 2.00. The van der Waals surface area contributed by atoms with Crippen LogP contribution in [0, 0.1) is 0 Å². The molecule has 1 heterocycles. The molecule has 3 N–H and O–H groups in total. The Balaban J connectivity index is 0.000000771. The third kappa shape index (κ3) is 3.93. The number of ether oxygens (including phenoxy) is 1. The minimum atomic E-state index is 0.629. The van der Waals surface area contributed by atoms with Crippen LogP contribution in [0.3, 0.4) is 0 Å². The van der Waals surface area contributed by atoms with Crippen LogP contribution in [-0.4, -0.2) is 17.2 Å². The minimum absolute atomic E-state index is 0.629. The van der Waals surface area contributed by atoms with E-state index in [1.807, 2.05) is 13.8 Å². The lowest BCUT2D eigenvalue weighted by Gasteiger charge is -2.06. The second-order valence-electron chi connectivity index (χ2n) is 3.20. The van der Waals surface area contributed by atoms with Gasteiger partial charge in [0.2, 0.25) is 0 Å². The van der Waals surface area contributed by atoms with Crippen molar-refractivity contribution in [1.82, 2.24) is 10.2 Å². The number of hydrogen-bond acceptors (Lipinski definition) is 5. The van der Waals surface area contributed by atoms with Gasteiger partial charge in [-0.25, -0.2) is 0 Å². The van der Waals surface area contributed by atoms with E-state index in [2.05, 4.69) is 15.5 Å². The Morgan fingerprint density at radius 1 is 1.11 bits per heavy atom. The average molecular weight is 246 g/mol. The first-order valence-corrected chi connectivity index (χ1v) is 5.82. The van der Waals surface area contributed by atoms with Crippen molar-refractivity contribution < 1.29 is 4.74 Å². The molecule has 0 atom stereocenters. The van der Waals surface area contributed by atoms with E-state index in [0.29, 0.717) is 23.0 Å². The van der Waals surface area contributed by atoms with Crippen LogP contribution in [0.15, 0.2) is 36.5 Å². The highest BCUT2D eigenvalue weighted by Crippen LogP contribution is 2.22. The molecular formula is C13H18N4O. The van der Waals surface area contributed by atoms with Crippen LogP contribution < -0.4 is 15.8 Å². The van der Waals surface area contributed by atoms with Crippen LogP contribution in [0.4, 0.5) is 11.5 Å². The van der Waals surface area contributed by atoms with Crippen molar-refractivity contribution in [2.75, 3.05) is 18.1 Å². The first-order valence-electron chi connectivity index (χ1n) is 5.82. The summed E-state index contributed by atoms with van der Waals surface area (Å²) in [6.07, 6.45) is 1.55. The van der Waals surface area contributed by atoms with E-state index in [9.17, 15) is 0 Å². The summed E-state index contributed by atoms with van der Waals surface area (Å²) in [5.41, 5.74) is 6.28. The summed E-state index contributed by atoms with van der Waals surface area (Å²) in [7, 11) is 1.77. The normalized spacial score (nSPS) is 9.06. The van der Waals surface area contributed by atoms with Crippen LogP contribution >= 0.6 is 0 Å². The molecule has 5 heteroatoms. The molecule has 96 valence electrons. The fourth-order valence-corrected chi connectivity index (χ4v) is 1.20. The number of anilines is 2. The number of nitrogen functional groups attached to an aromatic ring is 1. The first-order chi connectivity index (χ1) is 8.78. The van der Waals surface area contributed by atoms with Gasteiger partial charge in [0.1, 0.15) is 5.75 Å². The van der Waals surface area contributed by atoms with Crippen LogP contribution in [0.1, 0.15) is 13.8 Å². The molecule has 0 aliphatic carbocycles. The van der Waals surface area contributed by atoms with Crippen molar-refractivity contribution in [3.05, 3.63) is 36.5 Å². The maximum atomic E-state index is 5.58. The molecule has 0 radical (unpaired) electrons. The quantitative estimate of drug-likeness (QED) is 0.814. The molecule has 2 rings (SSSR count). The monoisotopic (exact) mass is 246 g/mol. The molecule has 1 aromatic carbocycles. The highest BCUT2D eigenvalue weighted by molar-refractivity contribution is 5.44. The van der Waals surface area contributed by atoms with Gasteiger partial charge in [-0.2, -0.15) is 5.10 Å². The van der Waals surface area contributed by atoms with Gasteiger partial charge in [-0.05, 0) is 24.3 Å². The fourth-order valence-electron chi connectivity index (χ4n) is 1.20. The van der Waals surface area contributed by atoms with Gasteiger partial charge < -0.3 is 15.8 Å². The molecule has 0 spiro atoms. The van der Waals surface area contributed by atoms with Crippen molar-refractivity contribution in [1.29, 1.82) is 0 Å². The minimum Gasteiger partial charge on any atom is -0.456 e. The van der Waals surface area contributed by atoms with Gasteiger partial charge >= 0.3 is 0 Å². The highest BCUT2D eigenvalue weighted by Gasteiger charge is 1.99. The highest BCUT2D eigenvalue weighted by atomic mass is 16.5. The lowest BCUT2D eigenvalue weighted by Crippen LogP contribution is -1.95. The van der Waals surface area contributed by atoms with Crippen LogP contribution in [0.25, 0.3) is 0 Å². The zero-order valence-electron chi connectivity index (χ0n) is 10.8. The fraction of sp³-hybridized carbons (Fsp3) is 0.231. The molecular weight excluding hydrogens is 228 g/mol. The predicted octanol–water partition coefficient (Wildman–Crippen LogP) is 2.92. The summed E-state index contributed by atoms with van der Waals surface area (Å²) in [4.78, 5) is 0. The summed E-state index contributed by atoms with van der Waals surface area (Å²) in [6, 6.07) is 8.93. The van der Waals surface area contributed by atoms with Crippen LogP contribution in [0.5, 0.6) is 11.5 Å². The third-order valence-electron chi connectivity index (χ3n) is 2.00. The summed E-state index contributed by atoms with van der Waals surface area (Å²) in [6.45, 7) is 4.00. The average Bonchev–Trinajstić information content (AvgIpc) is 2.44. The van der Waals surface area contributed by atoms with Gasteiger partial charge in [0.05, 0.1) is 6.20 Å².